The zero-order chi connectivity index (χ0) is 12.5. The maximum absolute atomic E-state index is 13.8. The van der Waals surface area contributed by atoms with Crippen molar-refractivity contribution in [2.24, 2.45) is 0 Å². The number of nitrogens with zero attached hydrogens (tertiary/aromatic N) is 1. The van der Waals surface area contributed by atoms with E-state index >= 15 is 0 Å². The first-order chi connectivity index (χ1) is 8.02. The standard InChI is InChI=1S/C13H16FNO2/c1-13(2)9-15(5-6-17-13)12-4-3-10(8-16)7-11(12)14/h3-4,7-8H,5-6,9H2,1-2H3. The number of halogens is 1. The van der Waals surface area contributed by atoms with Gasteiger partial charge in [0.15, 0.2) is 0 Å². The highest BCUT2D eigenvalue weighted by Crippen LogP contribution is 2.25. The Bertz CT molecular complexity index is 431. The zero-order valence-electron chi connectivity index (χ0n) is 10.1. The van der Waals surface area contributed by atoms with E-state index < -0.39 is 0 Å². The lowest BCUT2D eigenvalue weighted by Crippen LogP contribution is -2.48. The third kappa shape index (κ3) is 2.64. The van der Waals surface area contributed by atoms with E-state index in [0.717, 1.165) is 0 Å². The number of aldehydes is 1. The van der Waals surface area contributed by atoms with Gasteiger partial charge in [-0.1, -0.05) is 0 Å². The van der Waals surface area contributed by atoms with Crippen molar-refractivity contribution in [1.82, 2.24) is 0 Å². The molecule has 1 aliphatic heterocycles. The number of morpholine rings is 1. The van der Waals surface area contributed by atoms with E-state index in [0.29, 0.717) is 37.2 Å². The van der Waals surface area contributed by atoms with Crippen LogP contribution in [-0.4, -0.2) is 31.6 Å². The Morgan fingerprint density at radius 1 is 1.47 bits per heavy atom. The van der Waals surface area contributed by atoms with Gasteiger partial charge >= 0.3 is 0 Å². The number of rotatable bonds is 2. The number of anilines is 1. The fourth-order valence-electron chi connectivity index (χ4n) is 2.08. The smallest absolute Gasteiger partial charge is 0.150 e. The molecule has 0 spiro atoms. The molecule has 1 aromatic rings. The van der Waals surface area contributed by atoms with Crippen molar-refractivity contribution >= 4 is 12.0 Å². The van der Waals surface area contributed by atoms with Crippen molar-refractivity contribution in [3.05, 3.63) is 29.6 Å². The summed E-state index contributed by atoms with van der Waals surface area (Å²) in [6, 6.07) is 4.55. The largest absolute Gasteiger partial charge is 0.372 e. The van der Waals surface area contributed by atoms with E-state index in [1.165, 1.54) is 6.07 Å². The topological polar surface area (TPSA) is 29.5 Å². The summed E-state index contributed by atoms with van der Waals surface area (Å²) in [5, 5.41) is 0. The van der Waals surface area contributed by atoms with Gasteiger partial charge in [0.1, 0.15) is 12.1 Å². The highest BCUT2D eigenvalue weighted by molar-refractivity contribution is 5.76. The summed E-state index contributed by atoms with van der Waals surface area (Å²) in [4.78, 5) is 12.5. The van der Waals surface area contributed by atoms with Crippen LogP contribution in [0.4, 0.5) is 10.1 Å². The van der Waals surface area contributed by atoms with Crippen LogP contribution in [0.25, 0.3) is 0 Å². The molecular formula is C13H16FNO2. The van der Waals surface area contributed by atoms with Crippen molar-refractivity contribution in [3.8, 4) is 0 Å². The molecule has 0 radical (unpaired) electrons. The molecule has 0 bridgehead atoms. The Morgan fingerprint density at radius 3 is 2.82 bits per heavy atom. The first kappa shape index (κ1) is 12.0. The minimum atomic E-state index is -0.354. The van der Waals surface area contributed by atoms with Crippen LogP contribution < -0.4 is 4.90 Å². The number of carbonyl (C=O) groups excluding carboxylic acids is 1. The Hall–Kier alpha value is -1.42. The summed E-state index contributed by atoms with van der Waals surface area (Å²) in [6.07, 6.45) is 0.649. The van der Waals surface area contributed by atoms with Crippen LogP contribution in [0.5, 0.6) is 0 Å². The first-order valence-corrected chi connectivity index (χ1v) is 5.65. The molecule has 0 aliphatic carbocycles. The maximum Gasteiger partial charge on any atom is 0.150 e. The summed E-state index contributed by atoms with van der Waals surface area (Å²) in [5.74, 6) is -0.354. The van der Waals surface area contributed by atoms with E-state index in [4.69, 9.17) is 4.74 Å². The molecule has 0 aromatic heterocycles. The molecule has 1 fully saturated rings. The van der Waals surface area contributed by atoms with Crippen LogP contribution in [-0.2, 0) is 4.74 Å². The zero-order valence-corrected chi connectivity index (χ0v) is 10.1. The number of hydrogen-bond donors (Lipinski definition) is 0. The Labute approximate surface area is 100 Å². The highest BCUT2D eigenvalue weighted by atomic mass is 19.1. The number of ether oxygens (including phenoxy) is 1. The number of hydrogen-bond acceptors (Lipinski definition) is 3. The molecule has 0 amide bonds. The van der Waals surface area contributed by atoms with Crippen LogP contribution in [0, 0.1) is 5.82 Å². The van der Waals surface area contributed by atoms with Gasteiger partial charge in [-0.2, -0.15) is 0 Å². The van der Waals surface area contributed by atoms with Gasteiger partial charge in [0.2, 0.25) is 0 Å². The average Bonchev–Trinajstić information content (AvgIpc) is 2.27. The quantitative estimate of drug-likeness (QED) is 0.739. The fourth-order valence-corrected chi connectivity index (χ4v) is 2.08. The van der Waals surface area contributed by atoms with Gasteiger partial charge in [0.05, 0.1) is 17.9 Å². The van der Waals surface area contributed by atoms with Gasteiger partial charge in [-0.05, 0) is 32.0 Å². The van der Waals surface area contributed by atoms with Crippen molar-refractivity contribution in [1.29, 1.82) is 0 Å². The Morgan fingerprint density at radius 2 is 2.24 bits per heavy atom. The number of carbonyl (C=O) groups is 1. The lowest BCUT2D eigenvalue weighted by Gasteiger charge is -2.39. The molecule has 17 heavy (non-hydrogen) atoms. The SMILES string of the molecule is CC1(C)CN(c2ccc(C=O)cc2F)CCO1. The predicted octanol–water partition coefficient (Wildman–Crippen LogP) is 2.25. The molecule has 1 aliphatic rings. The van der Waals surface area contributed by atoms with Crippen molar-refractivity contribution in [2.75, 3.05) is 24.6 Å². The van der Waals surface area contributed by atoms with Crippen LogP contribution in [0.1, 0.15) is 24.2 Å². The summed E-state index contributed by atoms with van der Waals surface area (Å²) in [5.41, 5.74) is 0.624. The second-order valence-corrected chi connectivity index (χ2v) is 4.86. The van der Waals surface area contributed by atoms with E-state index in [-0.39, 0.29) is 11.4 Å². The third-order valence-corrected chi connectivity index (χ3v) is 2.87. The fraction of sp³-hybridized carbons (Fsp3) is 0.462. The summed E-state index contributed by atoms with van der Waals surface area (Å²) >= 11 is 0. The van der Waals surface area contributed by atoms with Crippen molar-refractivity contribution in [2.45, 2.75) is 19.4 Å². The second-order valence-electron chi connectivity index (χ2n) is 4.86. The van der Waals surface area contributed by atoms with Gasteiger partial charge in [-0.3, -0.25) is 4.79 Å². The lowest BCUT2D eigenvalue weighted by atomic mass is 10.1. The van der Waals surface area contributed by atoms with E-state index in [1.54, 1.807) is 12.1 Å². The molecule has 3 nitrogen and oxygen atoms in total. The second kappa shape index (κ2) is 4.45. The Kier molecular flexibility index (Phi) is 3.15. The molecule has 0 N–H and O–H groups in total. The molecule has 92 valence electrons. The maximum atomic E-state index is 13.8. The molecular weight excluding hydrogens is 221 g/mol. The summed E-state index contributed by atoms with van der Waals surface area (Å²) in [7, 11) is 0. The van der Waals surface area contributed by atoms with E-state index in [9.17, 15) is 9.18 Å². The minimum absolute atomic E-state index is 0.270. The van der Waals surface area contributed by atoms with Crippen LogP contribution in [0.2, 0.25) is 0 Å². The van der Waals surface area contributed by atoms with Crippen LogP contribution >= 0.6 is 0 Å². The van der Waals surface area contributed by atoms with Crippen molar-refractivity contribution in [3.63, 3.8) is 0 Å². The van der Waals surface area contributed by atoms with Crippen LogP contribution in [0.3, 0.4) is 0 Å². The normalized spacial score (nSPS) is 19.1. The number of benzene rings is 1. The monoisotopic (exact) mass is 237 g/mol. The molecule has 0 unspecified atom stereocenters. The van der Waals surface area contributed by atoms with Gasteiger partial charge in [-0.25, -0.2) is 4.39 Å². The van der Waals surface area contributed by atoms with Gasteiger partial charge in [0, 0.05) is 18.7 Å². The molecule has 1 saturated heterocycles. The molecule has 1 aromatic carbocycles. The highest BCUT2D eigenvalue weighted by Gasteiger charge is 2.28. The van der Waals surface area contributed by atoms with E-state index in [2.05, 4.69) is 0 Å². The molecule has 0 saturated carbocycles. The third-order valence-electron chi connectivity index (χ3n) is 2.87. The molecule has 0 atom stereocenters. The predicted molar refractivity (Wildman–Crippen MR) is 64.0 cm³/mol. The minimum Gasteiger partial charge on any atom is -0.372 e. The van der Waals surface area contributed by atoms with E-state index in [1.807, 2.05) is 18.7 Å². The van der Waals surface area contributed by atoms with Crippen LogP contribution in [0.15, 0.2) is 18.2 Å². The summed E-state index contributed by atoms with van der Waals surface area (Å²) in [6.45, 7) is 5.86. The average molecular weight is 237 g/mol. The molecule has 4 heteroatoms. The molecule has 2 rings (SSSR count). The molecule has 1 heterocycles. The van der Waals surface area contributed by atoms with Gasteiger partial charge < -0.3 is 9.64 Å². The first-order valence-electron chi connectivity index (χ1n) is 5.65. The Balaban J connectivity index is 2.25. The van der Waals surface area contributed by atoms with Crippen molar-refractivity contribution < 1.29 is 13.9 Å². The van der Waals surface area contributed by atoms with Gasteiger partial charge in [-0.15, -0.1) is 0 Å². The summed E-state index contributed by atoms with van der Waals surface area (Å²) < 4.78 is 19.4. The lowest BCUT2D eigenvalue weighted by molar-refractivity contribution is -0.0278. The van der Waals surface area contributed by atoms with Gasteiger partial charge in [0.25, 0.3) is 0 Å².